The molecule has 27 heavy (non-hydrogen) atoms. The van der Waals surface area contributed by atoms with E-state index < -0.39 is 10.0 Å². The molecule has 152 valence electrons. The molecule has 1 amide bonds. The predicted molar refractivity (Wildman–Crippen MR) is 107 cm³/mol. The van der Waals surface area contributed by atoms with Gasteiger partial charge in [0.15, 0.2) is 0 Å². The number of nitrogens with one attached hydrogen (secondary N) is 1. The fraction of sp³-hybridized carbons (Fsp3) is 0.650. The third-order valence-electron chi connectivity index (χ3n) is 4.93. The molecule has 0 bridgehead atoms. The highest BCUT2D eigenvalue weighted by Gasteiger charge is 2.27. The molecule has 1 aromatic carbocycles. The number of morpholine rings is 1. The first-order valence-electron chi connectivity index (χ1n) is 9.65. The Hall–Kier alpha value is -1.44. The van der Waals surface area contributed by atoms with Crippen molar-refractivity contribution < 1.29 is 17.9 Å². The summed E-state index contributed by atoms with van der Waals surface area (Å²) in [6, 6.07) is 8.13. The van der Waals surface area contributed by atoms with E-state index in [2.05, 4.69) is 31.3 Å². The van der Waals surface area contributed by atoms with Crippen LogP contribution in [0.15, 0.2) is 24.3 Å². The van der Waals surface area contributed by atoms with E-state index in [0.717, 1.165) is 5.56 Å². The Balaban J connectivity index is 1.96. The maximum absolute atomic E-state index is 12.7. The maximum Gasteiger partial charge on any atom is 0.227 e. The van der Waals surface area contributed by atoms with Gasteiger partial charge < -0.3 is 10.1 Å². The molecule has 0 saturated carbocycles. The molecule has 1 aliphatic heterocycles. The normalized spacial score (nSPS) is 17.3. The first-order valence-corrected chi connectivity index (χ1v) is 11.3. The molecule has 1 unspecified atom stereocenters. The van der Waals surface area contributed by atoms with Crippen molar-refractivity contribution in [3.63, 3.8) is 0 Å². The molecule has 0 aliphatic carbocycles. The Bertz CT molecular complexity index is 708. The summed E-state index contributed by atoms with van der Waals surface area (Å²) >= 11 is 0. The molecular formula is C20H32N2O4S. The molecule has 1 N–H and O–H groups in total. The van der Waals surface area contributed by atoms with Crippen LogP contribution in [0.4, 0.5) is 0 Å². The van der Waals surface area contributed by atoms with Crippen molar-refractivity contribution in [2.45, 2.75) is 39.5 Å². The Morgan fingerprint density at radius 1 is 1.07 bits per heavy atom. The van der Waals surface area contributed by atoms with Crippen LogP contribution in [-0.4, -0.2) is 57.2 Å². The summed E-state index contributed by atoms with van der Waals surface area (Å²) in [5, 5.41) is 2.82. The van der Waals surface area contributed by atoms with Crippen LogP contribution in [0.1, 0.15) is 50.7 Å². The van der Waals surface area contributed by atoms with Gasteiger partial charge in [-0.2, -0.15) is 4.31 Å². The summed E-state index contributed by atoms with van der Waals surface area (Å²) in [4.78, 5) is 12.7. The Morgan fingerprint density at radius 3 is 2.15 bits per heavy atom. The lowest BCUT2D eigenvalue weighted by Gasteiger charge is -2.26. The predicted octanol–water partition coefficient (Wildman–Crippen LogP) is 2.33. The van der Waals surface area contributed by atoms with E-state index in [-0.39, 0.29) is 30.0 Å². The van der Waals surface area contributed by atoms with Crippen LogP contribution in [0.3, 0.4) is 0 Å². The van der Waals surface area contributed by atoms with E-state index in [4.69, 9.17) is 4.74 Å². The molecular weight excluding hydrogens is 364 g/mol. The van der Waals surface area contributed by atoms with Gasteiger partial charge in [0.25, 0.3) is 0 Å². The Kier molecular flexibility index (Phi) is 7.82. The summed E-state index contributed by atoms with van der Waals surface area (Å²) < 4.78 is 31.4. The van der Waals surface area contributed by atoms with E-state index in [1.807, 2.05) is 26.0 Å². The average molecular weight is 397 g/mol. The number of sulfonamides is 1. The molecule has 1 heterocycles. The third kappa shape index (κ3) is 6.02. The first kappa shape index (κ1) is 21.9. The van der Waals surface area contributed by atoms with Crippen LogP contribution in [0.25, 0.3) is 0 Å². The summed E-state index contributed by atoms with van der Waals surface area (Å²) in [5.74, 6) is 0.0499. The number of amides is 1. The molecule has 7 heteroatoms. The van der Waals surface area contributed by atoms with Gasteiger partial charge in [-0.15, -0.1) is 0 Å². The lowest BCUT2D eigenvalue weighted by atomic mass is 9.86. The quantitative estimate of drug-likeness (QED) is 0.732. The van der Waals surface area contributed by atoms with Crippen molar-refractivity contribution in [1.29, 1.82) is 0 Å². The van der Waals surface area contributed by atoms with E-state index >= 15 is 0 Å². The molecule has 1 saturated heterocycles. The second kappa shape index (κ2) is 9.66. The van der Waals surface area contributed by atoms with Gasteiger partial charge in [0.2, 0.25) is 15.9 Å². The van der Waals surface area contributed by atoms with Crippen molar-refractivity contribution in [3.8, 4) is 0 Å². The summed E-state index contributed by atoms with van der Waals surface area (Å²) in [7, 11) is -3.37. The standard InChI is InChI=1S/C20H32N2O4S/c1-15(2)17-5-7-18(8-6-17)19(16(3)4)20(23)21-9-14-27(24,25)22-10-12-26-13-11-22/h5-8,15-16,19H,9-14H2,1-4H3,(H,21,23). The molecule has 0 radical (unpaired) electrons. The molecule has 0 spiro atoms. The smallest absolute Gasteiger partial charge is 0.227 e. The van der Waals surface area contributed by atoms with Crippen molar-refractivity contribution in [2.75, 3.05) is 38.6 Å². The summed E-state index contributed by atoms with van der Waals surface area (Å²) in [5.41, 5.74) is 2.20. The molecule has 6 nitrogen and oxygen atoms in total. The lowest BCUT2D eigenvalue weighted by Crippen LogP contribution is -2.44. The van der Waals surface area contributed by atoms with Gasteiger partial charge in [0, 0.05) is 19.6 Å². The SMILES string of the molecule is CC(C)c1ccc(C(C(=O)NCCS(=O)(=O)N2CCOCC2)C(C)C)cc1. The van der Waals surface area contributed by atoms with Gasteiger partial charge in [-0.3, -0.25) is 4.79 Å². The third-order valence-corrected chi connectivity index (χ3v) is 6.81. The Labute approximate surface area is 163 Å². The van der Waals surface area contributed by atoms with Gasteiger partial charge in [-0.1, -0.05) is 52.0 Å². The van der Waals surface area contributed by atoms with Crippen LogP contribution in [-0.2, 0) is 19.6 Å². The van der Waals surface area contributed by atoms with Crippen molar-refractivity contribution >= 4 is 15.9 Å². The molecule has 1 atom stereocenters. The number of hydrogen-bond donors (Lipinski definition) is 1. The summed E-state index contributed by atoms with van der Waals surface area (Å²) in [6.45, 7) is 10.0. The van der Waals surface area contributed by atoms with Gasteiger partial charge in [0.1, 0.15) is 0 Å². The Morgan fingerprint density at radius 2 is 1.63 bits per heavy atom. The number of nitrogens with zero attached hydrogens (tertiary/aromatic N) is 1. The van der Waals surface area contributed by atoms with Gasteiger partial charge in [-0.25, -0.2) is 8.42 Å². The zero-order valence-electron chi connectivity index (χ0n) is 16.8. The van der Waals surface area contributed by atoms with Crippen LogP contribution in [0.5, 0.6) is 0 Å². The average Bonchev–Trinajstić information content (AvgIpc) is 2.62. The number of rotatable bonds is 8. The fourth-order valence-corrected chi connectivity index (χ4v) is 4.62. The van der Waals surface area contributed by atoms with E-state index in [0.29, 0.717) is 32.2 Å². The monoisotopic (exact) mass is 396 g/mol. The van der Waals surface area contributed by atoms with Crippen LogP contribution in [0.2, 0.25) is 0 Å². The topological polar surface area (TPSA) is 75.7 Å². The van der Waals surface area contributed by atoms with E-state index in [1.54, 1.807) is 0 Å². The minimum Gasteiger partial charge on any atom is -0.379 e. The van der Waals surface area contributed by atoms with Crippen LogP contribution >= 0.6 is 0 Å². The number of carbonyl (C=O) groups is 1. The van der Waals surface area contributed by atoms with Crippen molar-refractivity contribution in [2.24, 2.45) is 5.92 Å². The molecule has 1 aliphatic rings. The maximum atomic E-state index is 12.7. The molecule has 2 rings (SSSR count). The molecule has 1 fully saturated rings. The lowest BCUT2D eigenvalue weighted by molar-refractivity contribution is -0.123. The van der Waals surface area contributed by atoms with Crippen LogP contribution < -0.4 is 5.32 Å². The number of benzene rings is 1. The summed E-state index contributed by atoms with van der Waals surface area (Å²) in [6.07, 6.45) is 0. The second-order valence-electron chi connectivity index (χ2n) is 7.66. The van der Waals surface area contributed by atoms with Crippen molar-refractivity contribution in [1.82, 2.24) is 9.62 Å². The zero-order valence-corrected chi connectivity index (χ0v) is 17.6. The zero-order chi connectivity index (χ0) is 20.0. The fourth-order valence-electron chi connectivity index (χ4n) is 3.29. The highest BCUT2D eigenvalue weighted by Crippen LogP contribution is 2.26. The number of hydrogen-bond acceptors (Lipinski definition) is 4. The van der Waals surface area contributed by atoms with Gasteiger partial charge >= 0.3 is 0 Å². The molecule has 1 aromatic rings. The number of ether oxygens (including phenoxy) is 1. The van der Waals surface area contributed by atoms with Gasteiger partial charge in [0.05, 0.1) is 24.9 Å². The van der Waals surface area contributed by atoms with Crippen LogP contribution in [0, 0.1) is 5.92 Å². The van der Waals surface area contributed by atoms with Crippen molar-refractivity contribution in [3.05, 3.63) is 35.4 Å². The highest BCUT2D eigenvalue weighted by molar-refractivity contribution is 7.89. The molecule has 0 aromatic heterocycles. The largest absolute Gasteiger partial charge is 0.379 e. The van der Waals surface area contributed by atoms with E-state index in [1.165, 1.54) is 9.87 Å². The van der Waals surface area contributed by atoms with E-state index in [9.17, 15) is 13.2 Å². The highest BCUT2D eigenvalue weighted by atomic mass is 32.2. The number of carbonyl (C=O) groups excluding carboxylic acids is 1. The minimum atomic E-state index is -3.37. The van der Waals surface area contributed by atoms with Gasteiger partial charge in [-0.05, 0) is 23.0 Å². The minimum absolute atomic E-state index is 0.0875. The second-order valence-corrected chi connectivity index (χ2v) is 9.75. The first-order chi connectivity index (χ1) is 12.7.